The van der Waals surface area contributed by atoms with E-state index in [9.17, 15) is 0 Å². The smallest absolute Gasteiger partial charge is 0.212 e. The summed E-state index contributed by atoms with van der Waals surface area (Å²) >= 11 is 0. The van der Waals surface area contributed by atoms with Crippen LogP contribution in [0.4, 0.5) is 0 Å². The zero-order chi connectivity index (χ0) is 21.3. The Labute approximate surface area is 220 Å². The molecule has 2 nitrogen and oxygen atoms in total. The average molecular weight is 572 g/mol. The highest BCUT2D eigenvalue weighted by Gasteiger charge is 2.11. The number of rotatable bonds is 4. The first-order chi connectivity index (χ1) is 15.8. The Morgan fingerprint density at radius 1 is 0.412 bits per heavy atom. The van der Waals surface area contributed by atoms with Crippen LogP contribution in [0.5, 0.6) is 0 Å². The summed E-state index contributed by atoms with van der Waals surface area (Å²) in [5.41, 5.74) is 5.15. The molecule has 6 rings (SSSR count). The molecule has 0 aliphatic heterocycles. The van der Waals surface area contributed by atoms with Gasteiger partial charge in [-0.15, -0.1) is 0 Å². The van der Waals surface area contributed by atoms with Crippen molar-refractivity contribution in [3.8, 4) is 0 Å². The van der Waals surface area contributed by atoms with Crippen molar-refractivity contribution >= 4 is 32.6 Å². The van der Waals surface area contributed by atoms with Gasteiger partial charge in [-0.3, -0.25) is 0 Å². The van der Waals surface area contributed by atoms with E-state index in [2.05, 4.69) is 131 Å². The highest BCUT2D eigenvalue weighted by atomic mass is 79.9. The number of fused-ring (bicyclic) bond motifs is 3. The maximum Gasteiger partial charge on any atom is 0.212 e. The third-order valence-corrected chi connectivity index (χ3v) is 6.25. The van der Waals surface area contributed by atoms with Gasteiger partial charge >= 0.3 is 0 Å². The van der Waals surface area contributed by atoms with Crippen LogP contribution < -0.4 is 43.1 Å². The standard InChI is InChI=1S/C30H24N2.2BrH/c1-3-11-29-26(7-1)9-5-17-31(29)21-23-13-15-25-16-14-24(20-28(25)19-23)22-32-18-6-10-27-8-2-4-12-30(27)32;;/h1-20H,21-22H2;2*1H/q+2;;/p-2. The molecule has 168 valence electrons. The Morgan fingerprint density at radius 3 is 1.35 bits per heavy atom. The van der Waals surface area contributed by atoms with E-state index >= 15 is 0 Å². The van der Waals surface area contributed by atoms with Crippen LogP contribution >= 0.6 is 0 Å². The molecule has 0 saturated carbocycles. The molecule has 0 fully saturated rings. The van der Waals surface area contributed by atoms with E-state index in [1.54, 1.807) is 0 Å². The normalized spacial score (nSPS) is 10.7. The van der Waals surface area contributed by atoms with Gasteiger partial charge in [-0.05, 0) is 47.2 Å². The van der Waals surface area contributed by atoms with Gasteiger partial charge in [-0.2, -0.15) is 9.13 Å². The summed E-state index contributed by atoms with van der Waals surface area (Å²) in [7, 11) is 0. The number of nitrogens with zero attached hydrogens (tertiary/aromatic N) is 2. The molecule has 0 N–H and O–H groups in total. The van der Waals surface area contributed by atoms with Crippen LogP contribution in [0.1, 0.15) is 11.1 Å². The number of para-hydroxylation sites is 2. The molecule has 4 aromatic carbocycles. The molecule has 0 bridgehead atoms. The van der Waals surface area contributed by atoms with Gasteiger partial charge in [0.2, 0.25) is 11.0 Å². The number of pyridine rings is 2. The molecule has 0 unspecified atom stereocenters. The van der Waals surface area contributed by atoms with Gasteiger partial charge in [0.1, 0.15) is 0 Å². The van der Waals surface area contributed by atoms with Crippen LogP contribution in [0.15, 0.2) is 122 Å². The van der Waals surface area contributed by atoms with E-state index in [4.69, 9.17) is 0 Å². The van der Waals surface area contributed by atoms with Crippen molar-refractivity contribution in [2.75, 3.05) is 0 Å². The number of benzene rings is 4. The van der Waals surface area contributed by atoms with Gasteiger partial charge in [0.05, 0.1) is 0 Å². The van der Waals surface area contributed by atoms with Gasteiger partial charge in [-0.1, -0.05) is 48.5 Å². The number of hydrogen-bond donors (Lipinski definition) is 0. The minimum atomic E-state index is 0. The van der Waals surface area contributed by atoms with Crippen molar-refractivity contribution in [2.24, 2.45) is 0 Å². The predicted molar refractivity (Wildman–Crippen MR) is 130 cm³/mol. The predicted octanol–water partition coefficient (Wildman–Crippen LogP) is -0.174. The monoisotopic (exact) mass is 570 g/mol. The van der Waals surface area contributed by atoms with Gasteiger partial charge in [0.25, 0.3) is 0 Å². The Hall–Kier alpha value is -3.08. The van der Waals surface area contributed by atoms with E-state index < -0.39 is 0 Å². The molecule has 0 spiro atoms. The molecule has 4 heteroatoms. The summed E-state index contributed by atoms with van der Waals surface area (Å²) in [5.74, 6) is 0. The zero-order valence-electron chi connectivity index (χ0n) is 18.6. The lowest BCUT2D eigenvalue weighted by Gasteiger charge is -2.06. The molecule has 0 atom stereocenters. The lowest BCUT2D eigenvalue weighted by molar-refractivity contribution is -0.662. The fraction of sp³-hybridized carbons (Fsp3) is 0.0667. The van der Waals surface area contributed by atoms with Crippen molar-refractivity contribution in [2.45, 2.75) is 13.1 Å². The van der Waals surface area contributed by atoms with Crippen molar-refractivity contribution in [1.82, 2.24) is 0 Å². The second-order valence-corrected chi connectivity index (χ2v) is 8.41. The number of aromatic nitrogens is 2. The molecule has 34 heavy (non-hydrogen) atoms. The van der Waals surface area contributed by atoms with Crippen LogP contribution in [-0.4, -0.2) is 0 Å². The van der Waals surface area contributed by atoms with E-state index in [0.29, 0.717) is 0 Å². The van der Waals surface area contributed by atoms with E-state index in [-0.39, 0.29) is 34.0 Å². The number of halogens is 2. The lowest BCUT2D eigenvalue weighted by Crippen LogP contribution is -3.00. The summed E-state index contributed by atoms with van der Waals surface area (Å²) in [5, 5.41) is 5.11. The van der Waals surface area contributed by atoms with E-state index in [1.807, 2.05) is 0 Å². The molecule has 2 heterocycles. The molecular weight excluding hydrogens is 548 g/mol. The van der Waals surface area contributed by atoms with Gasteiger partial charge in [-0.25, -0.2) is 0 Å². The fourth-order valence-electron chi connectivity index (χ4n) is 4.65. The molecule has 0 amide bonds. The van der Waals surface area contributed by atoms with Crippen LogP contribution in [-0.2, 0) is 13.1 Å². The fourth-order valence-corrected chi connectivity index (χ4v) is 4.65. The number of hydrogen-bond acceptors (Lipinski definition) is 0. The molecule has 0 aliphatic carbocycles. The van der Waals surface area contributed by atoms with Crippen LogP contribution in [0.2, 0.25) is 0 Å². The SMILES string of the molecule is [Br-].[Br-].c1ccc2c(c1)ccc[n+]2Cc1ccc2ccc(C[n+]3cccc4ccccc43)cc2c1. The first-order valence-corrected chi connectivity index (χ1v) is 11.1. The topological polar surface area (TPSA) is 7.76 Å². The minimum absolute atomic E-state index is 0. The molecule has 2 aromatic heterocycles. The quantitative estimate of drug-likeness (QED) is 0.260. The van der Waals surface area contributed by atoms with Gasteiger partial charge in [0.15, 0.2) is 25.5 Å². The van der Waals surface area contributed by atoms with Gasteiger partial charge in [0, 0.05) is 46.2 Å². The molecule has 0 saturated heterocycles. The second-order valence-electron chi connectivity index (χ2n) is 8.41. The second kappa shape index (κ2) is 10.5. The molecule has 0 radical (unpaired) electrons. The third kappa shape index (κ3) is 4.75. The minimum Gasteiger partial charge on any atom is -1.00 e. The highest BCUT2D eigenvalue weighted by Crippen LogP contribution is 2.19. The Morgan fingerprint density at radius 2 is 0.853 bits per heavy atom. The van der Waals surface area contributed by atoms with Crippen LogP contribution in [0.3, 0.4) is 0 Å². The Bertz CT molecular complexity index is 1470. The highest BCUT2D eigenvalue weighted by molar-refractivity contribution is 5.84. The summed E-state index contributed by atoms with van der Waals surface area (Å²) in [6.45, 7) is 1.72. The van der Waals surface area contributed by atoms with E-state index in [0.717, 1.165) is 13.1 Å². The van der Waals surface area contributed by atoms with Crippen LogP contribution in [0, 0.1) is 0 Å². The van der Waals surface area contributed by atoms with Crippen LogP contribution in [0.25, 0.3) is 32.6 Å². The summed E-state index contributed by atoms with van der Waals surface area (Å²) in [4.78, 5) is 0. The largest absolute Gasteiger partial charge is 1.00 e. The third-order valence-electron chi connectivity index (χ3n) is 6.25. The average Bonchev–Trinajstić information content (AvgIpc) is 2.84. The molecular formula is C30H24Br2N2. The lowest BCUT2D eigenvalue weighted by atomic mass is 10.0. The van der Waals surface area contributed by atoms with Crippen molar-refractivity contribution < 1.29 is 43.1 Å². The van der Waals surface area contributed by atoms with Crippen molar-refractivity contribution in [3.05, 3.63) is 133 Å². The molecule has 0 aliphatic rings. The summed E-state index contributed by atoms with van der Waals surface area (Å²) < 4.78 is 4.65. The zero-order valence-corrected chi connectivity index (χ0v) is 21.8. The maximum absolute atomic E-state index is 2.33. The van der Waals surface area contributed by atoms with Gasteiger partial charge < -0.3 is 34.0 Å². The summed E-state index contributed by atoms with van der Waals surface area (Å²) in [6, 6.07) is 39.4. The maximum atomic E-state index is 2.33. The Balaban J connectivity index is 0.00000137. The summed E-state index contributed by atoms with van der Waals surface area (Å²) in [6.07, 6.45) is 4.33. The first-order valence-electron chi connectivity index (χ1n) is 11.1. The first kappa shape index (κ1) is 24.1. The molecule has 6 aromatic rings. The Kier molecular flexibility index (Phi) is 7.40. The van der Waals surface area contributed by atoms with Crippen molar-refractivity contribution in [3.63, 3.8) is 0 Å². The van der Waals surface area contributed by atoms with E-state index in [1.165, 1.54) is 43.7 Å². The van der Waals surface area contributed by atoms with Crippen molar-refractivity contribution in [1.29, 1.82) is 0 Å².